The van der Waals surface area contributed by atoms with Crippen molar-refractivity contribution in [2.45, 2.75) is 45.4 Å². The molecule has 1 aliphatic rings. The fourth-order valence-electron chi connectivity index (χ4n) is 3.34. The SMILES string of the molecule is C[C@@H](Oc1ccc(Cl)cc1)C(=O)NCc1ccccc1CN1CCCCC1. The van der Waals surface area contributed by atoms with Crippen LogP contribution < -0.4 is 10.1 Å². The van der Waals surface area contributed by atoms with E-state index in [0.717, 1.165) is 25.2 Å². The van der Waals surface area contributed by atoms with E-state index in [9.17, 15) is 4.79 Å². The molecule has 1 aliphatic heterocycles. The molecular weight excluding hydrogens is 360 g/mol. The summed E-state index contributed by atoms with van der Waals surface area (Å²) in [5, 5.41) is 3.64. The predicted octanol–water partition coefficient (Wildman–Crippen LogP) is 4.41. The molecule has 1 N–H and O–H groups in total. The summed E-state index contributed by atoms with van der Waals surface area (Å²) < 4.78 is 5.69. The van der Waals surface area contributed by atoms with Gasteiger partial charge in [-0.25, -0.2) is 0 Å². The second-order valence-corrected chi connectivity index (χ2v) is 7.47. The molecule has 4 nitrogen and oxygen atoms in total. The number of hydrogen-bond acceptors (Lipinski definition) is 3. The molecule has 0 aliphatic carbocycles. The fraction of sp³-hybridized carbons (Fsp3) is 0.409. The molecule has 5 heteroatoms. The molecule has 2 aromatic rings. The highest BCUT2D eigenvalue weighted by atomic mass is 35.5. The predicted molar refractivity (Wildman–Crippen MR) is 109 cm³/mol. The molecule has 1 fully saturated rings. The molecule has 0 unspecified atom stereocenters. The molecule has 27 heavy (non-hydrogen) atoms. The van der Waals surface area contributed by atoms with Gasteiger partial charge in [0.2, 0.25) is 0 Å². The quantitative estimate of drug-likeness (QED) is 0.766. The van der Waals surface area contributed by atoms with E-state index in [1.807, 2.05) is 6.07 Å². The lowest BCUT2D eigenvalue weighted by Gasteiger charge is -2.27. The topological polar surface area (TPSA) is 41.6 Å². The standard InChI is InChI=1S/C22H27ClN2O2/c1-17(27-21-11-9-20(23)10-12-21)22(26)24-15-18-7-3-4-8-19(18)16-25-13-5-2-6-14-25/h3-4,7-12,17H,2,5-6,13-16H2,1H3,(H,24,26)/t17-/m1/s1. The minimum absolute atomic E-state index is 0.127. The number of ether oxygens (including phenoxy) is 1. The minimum Gasteiger partial charge on any atom is -0.481 e. The van der Waals surface area contributed by atoms with E-state index >= 15 is 0 Å². The molecule has 1 heterocycles. The van der Waals surface area contributed by atoms with Crippen molar-refractivity contribution in [3.63, 3.8) is 0 Å². The van der Waals surface area contributed by atoms with Gasteiger partial charge < -0.3 is 10.1 Å². The summed E-state index contributed by atoms with van der Waals surface area (Å²) in [4.78, 5) is 14.9. The molecule has 0 aromatic heterocycles. The number of amides is 1. The Bertz CT molecular complexity index is 742. The molecule has 144 valence electrons. The van der Waals surface area contributed by atoms with Gasteiger partial charge in [0.25, 0.3) is 5.91 Å². The second kappa shape index (κ2) is 9.77. The smallest absolute Gasteiger partial charge is 0.261 e. The van der Waals surface area contributed by atoms with E-state index < -0.39 is 6.10 Å². The number of carbonyl (C=O) groups excluding carboxylic acids is 1. The molecule has 1 atom stereocenters. The molecule has 0 saturated carbocycles. The van der Waals surface area contributed by atoms with Crippen molar-refractivity contribution in [3.8, 4) is 5.75 Å². The number of nitrogens with one attached hydrogen (secondary N) is 1. The lowest BCUT2D eigenvalue weighted by Crippen LogP contribution is -2.36. The van der Waals surface area contributed by atoms with E-state index in [2.05, 4.69) is 28.4 Å². The Balaban J connectivity index is 1.54. The summed E-state index contributed by atoms with van der Waals surface area (Å²) in [6, 6.07) is 15.4. The van der Waals surface area contributed by atoms with Gasteiger partial charge in [0.1, 0.15) is 5.75 Å². The maximum absolute atomic E-state index is 12.4. The van der Waals surface area contributed by atoms with Crippen LogP contribution >= 0.6 is 11.6 Å². The molecule has 0 spiro atoms. The van der Waals surface area contributed by atoms with E-state index in [0.29, 0.717) is 17.3 Å². The number of likely N-dealkylation sites (tertiary alicyclic amines) is 1. The van der Waals surface area contributed by atoms with Gasteiger partial charge in [-0.1, -0.05) is 42.3 Å². The number of carbonyl (C=O) groups is 1. The van der Waals surface area contributed by atoms with Crippen molar-refractivity contribution >= 4 is 17.5 Å². The van der Waals surface area contributed by atoms with Crippen molar-refractivity contribution in [1.82, 2.24) is 10.2 Å². The van der Waals surface area contributed by atoms with Crippen LogP contribution in [0.3, 0.4) is 0 Å². The van der Waals surface area contributed by atoms with Gasteiger partial charge in [0.15, 0.2) is 6.10 Å². The summed E-state index contributed by atoms with van der Waals surface area (Å²) >= 11 is 5.87. The van der Waals surface area contributed by atoms with E-state index in [4.69, 9.17) is 16.3 Å². The van der Waals surface area contributed by atoms with Crippen LogP contribution in [-0.2, 0) is 17.9 Å². The third-order valence-electron chi connectivity index (χ3n) is 4.91. The monoisotopic (exact) mass is 386 g/mol. The van der Waals surface area contributed by atoms with Gasteiger partial charge in [-0.2, -0.15) is 0 Å². The van der Waals surface area contributed by atoms with Crippen molar-refractivity contribution < 1.29 is 9.53 Å². The van der Waals surface area contributed by atoms with Crippen LogP contribution in [0.15, 0.2) is 48.5 Å². The maximum atomic E-state index is 12.4. The van der Waals surface area contributed by atoms with Crippen LogP contribution in [0.2, 0.25) is 5.02 Å². The average Bonchev–Trinajstić information content (AvgIpc) is 2.69. The molecule has 2 aromatic carbocycles. The Morgan fingerprint density at radius 3 is 2.44 bits per heavy atom. The minimum atomic E-state index is -0.569. The van der Waals surface area contributed by atoms with Gasteiger partial charge in [0.05, 0.1) is 0 Å². The van der Waals surface area contributed by atoms with Crippen LogP contribution in [0.25, 0.3) is 0 Å². The summed E-state index contributed by atoms with van der Waals surface area (Å²) in [7, 11) is 0. The molecule has 1 amide bonds. The zero-order valence-electron chi connectivity index (χ0n) is 15.8. The Kier molecular flexibility index (Phi) is 7.13. The molecular formula is C22H27ClN2O2. The zero-order valence-corrected chi connectivity index (χ0v) is 16.5. The van der Waals surface area contributed by atoms with Gasteiger partial charge in [-0.05, 0) is 68.2 Å². The van der Waals surface area contributed by atoms with Crippen molar-refractivity contribution in [1.29, 1.82) is 0 Å². The Labute approximate surface area is 166 Å². The summed E-state index contributed by atoms with van der Waals surface area (Å²) in [6.07, 6.45) is 3.32. The third kappa shape index (κ3) is 5.98. The number of nitrogens with zero attached hydrogens (tertiary/aromatic N) is 1. The fourth-order valence-corrected chi connectivity index (χ4v) is 3.47. The molecule has 0 radical (unpaired) electrons. The van der Waals surface area contributed by atoms with E-state index in [1.54, 1.807) is 31.2 Å². The van der Waals surface area contributed by atoms with Crippen LogP contribution in [0, 0.1) is 0 Å². The zero-order chi connectivity index (χ0) is 19.1. The summed E-state index contributed by atoms with van der Waals surface area (Å²) in [6.45, 7) is 5.53. The lowest BCUT2D eigenvalue weighted by atomic mass is 10.0. The summed E-state index contributed by atoms with van der Waals surface area (Å²) in [5.41, 5.74) is 2.45. The largest absolute Gasteiger partial charge is 0.481 e. The Hall–Kier alpha value is -2.04. The molecule has 3 rings (SSSR count). The highest BCUT2D eigenvalue weighted by molar-refractivity contribution is 6.30. The van der Waals surface area contributed by atoms with Crippen molar-refractivity contribution in [2.75, 3.05) is 13.1 Å². The Morgan fingerprint density at radius 1 is 1.07 bits per heavy atom. The van der Waals surface area contributed by atoms with Crippen LogP contribution in [-0.4, -0.2) is 30.0 Å². The number of halogens is 1. The van der Waals surface area contributed by atoms with Gasteiger partial charge in [-0.15, -0.1) is 0 Å². The van der Waals surface area contributed by atoms with Crippen molar-refractivity contribution in [3.05, 3.63) is 64.7 Å². The normalized spacial score (nSPS) is 15.9. The van der Waals surface area contributed by atoms with Crippen LogP contribution in [0.5, 0.6) is 5.75 Å². The first kappa shape index (κ1) is 19.7. The van der Waals surface area contributed by atoms with E-state index in [1.165, 1.54) is 24.8 Å². The highest BCUT2D eigenvalue weighted by Gasteiger charge is 2.16. The van der Waals surface area contributed by atoms with Gasteiger partial charge in [-0.3, -0.25) is 9.69 Å². The van der Waals surface area contributed by atoms with Gasteiger partial charge >= 0.3 is 0 Å². The number of hydrogen-bond donors (Lipinski definition) is 1. The average molecular weight is 387 g/mol. The lowest BCUT2D eigenvalue weighted by molar-refractivity contribution is -0.127. The second-order valence-electron chi connectivity index (χ2n) is 7.04. The first-order chi connectivity index (χ1) is 13.1. The highest BCUT2D eigenvalue weighted by Crippen LogP contribution is 2.18. The number of piperidine rings is 1. The summed E-state index contributed by atoms with van der Waals surface area (Å²) in [5.74, 6) is 0.505. The van der Waals surface area contributed by atoms with E-state index in [-0.39, 0.29) is 5.91 Å². The Morgan fingerprint density at radius 2 is 1.74 bits per heavy atom. The molecule has 0 bridgehead atoms. The van der Waals surface area contributed by atoms with Crippen LogP contribution in [0.4, 0.5) is 0 Å². The number of rotatable bonds is 7. The third-order valence-corrected chi connectivity index (χ3v) is 5.16. The first-order valence-corrected chi connectivity index (χ1v) is 9.98. The number of benzene rings is 2. The maximum Gasteiger partial charge on any atom is 0.261 e. The van der Waals surface area contributed by atoms with Crippen molar-refractivity contribution in [2.24, 2.45) is 0 Å². The molecule has 1 saturated heterocycles. The first-order valence-electron chi connectivity index (χ1n) is 9.61. The van der Waals surface area contributed by atoms with Crippen LogP contribution in [0.1, 0.15) is 37.3 Å². The van der Waals surface area contributed by atoms with Gasteiger partial charge in [0, 0.05) is 18.1 Å².